The van der Waals surface area contributed by atoms with Crippen LogP contribution in [0.4, 0.5) is 0 Å². The van der Waals surface area contributed by atoms with Crippen molar-refractivity contribution >= 4 is 21.6 Å². The van der Waals surface area contributed by atoms with Crippen LogP contribution in [0.1, 0.15) is 5.56 Å². The smallest absolute Gasteiger partial charge is 0.232 e. The zero-order valence-electron chi connectivity index (χ0n) is 9.21. The van der Waals surface area contributed by atoms with Gasteiger partial charge >= 0.3 is 0 Å². The lowest BCUT2D eigenvalue weighted by Gasteiger charge is -2.02. The minimum atomic E-state index is 0.0570. The van der Waals surface area contributed by atoms with Crippen molar-refractivity contribution in [1.29, 1.82) is 0 Å². The molecule has 0 fully saturated rings. The second-order valence-electron chi connectivity index (χ2n) is 3.88. The van der Waals surface area contributed by atoms with Gasteiger partial charge in [-0.25, -0.2) is 4.98 Å². The Morgan fingerprint density at radius 1 is 1.18 bits per heavy atom. The molecule has 0 bridgehead atoms. The average Bonchev–Trinajstić information content (AvgIpc) is 2.77. The van der Waals surface area contributed by atoms with Crippen molar-refractivity contribution in [3.05, 3.63) is 41.3 Å². The van der Waals surface area contributed by atoms with E-state index in [1.807, 2.05) is 42.6 Å². The molecule has 3 rings (SSSR count). The Morgan fingerprint density at radius 2 is 2.06 bits per heavy atom. The van der Waals surface area contributed by atoms with Crippen LogP contribution in [0.3, 0.4) is 0 Å². The fourth-order valence-electron chi connectivity index (χ4n) is 1.76. The first-order valence-electron chi connectivity index (χ1n) is 5.25. The summed E-state index contributed by atoms with van der Waals surface area (Å²) in [7, 11) is 0. The maximum atomic E-state index is 9.83. The number of aryl methyl sites for hydroxylation is 1. The third kappa shape index (κ3) is 1.76. The first kappa shape index (κ1) is 10.2. The SMILES string of the molecule is Cc1cccc(-c2nc(O)c3sccc3n2)c1. The molecule has 3 aromatic rings. The molecule has 4 heteroatoms. The molecular weight excluding hydrogens is 232 g/mol. The van der Waals surface area contributed by atoms with E-state index in [0.717, 1.165) is 21.3 Å². The predicted molar refractivity (Wildman–Crippen MR) is 69.3 cm³/mol. The number of thiophene rings is 1. The zero-order valence-corrected chi connectivity index (χ0v) is 10.0. The quantitative estimate of drug-likeness (QED) is 0.711. The van der Waals surface area contributed by atoms with E-state index in [4.69, 9.17) is 0 Å². The van der Waals surface area contributed by atoms with Crippen molar-refractivity contribution in [2.24, 2.45) is 0 Å². The van der Waals surface area contributed by atoms with Crippen LogP contribution in [0.25, 0.3) is 21.6 Å². The van der Waals surface area contributed by atoms with Gasteiger partial charge in [0.2, 0.25) is 5.88 Å². The van der Waals surface area contributed by atoms with E-state index in [1.54, 1.807) is 0 Å². The standard InChI is InChI=1S/C13H10N2OS/c1-8-3-2-4-9(7-8)12-14-10-5-6-17-11(10)13(16)15-12/h2-7H,1H3,(H,14,15,16). The Balaban J connectivity index is 2.23. The molecule has 1 N–H and O–H groups in total. The molecule has 1 aromatic carbocycles. The van der Waals surface area contributed by atoms with Crippen LogP contribution in [-0.2, 0) is 0 Å². The number of benzene rings is 1. The van der Waals surface area contributed by atoms with Crippen molar-refractivity contribution in [3.8, 4) is 17.3 Å². The van der Waals surface area contributed by atoms with E-state index in [9.17, 15) is 5.11 Å². The molecule has 0 amide bonds. The predicted octanol–water partition coefficient (Wildman–Crippen LogP) is 3.37. The Kier molecular flexibility index (Phi) is 2.30. The summed E-state index contributed by atoms with van der Waals surface area (Å²) in [5.74, 6) is 0.624. The maximum Gasteiger partial charge on any atom is 0.232 e. The summed E-state index contributed by atoms with van der Waals surface area (Å²) in [6.45, 7) is 2.02. The van der Waals surface area contributed by atoms with E-state index >= 15 is 0 Å². The molecule has 0 saturated carbocycles. The summed E-state index contributed by atoms with van der Waals surface area (Å²) in [5.41, 5.74) is 2.86. The van der Waals surface area contributed by atoms with E-state index in [1.165, 1.54) is 11.3 Å². The van der Waals surface area contributed by atoms with Crippen LogP contribution in [-0.4, -0.2) is 15.1 Å². The molecule has 0 aliphatic rings. The summed E-state index contributed by atoms with van der Waals surface area (Å²) in [5, 5.41) is 11.7. The van der Waals surface area contributed by atoms with Gasteiger partial charge in [-0.2, -0.15) is 4.98 Å². The molecule has 2 aromatic heterocycles. The summed E-state index contributed by atoms with van der Waals surface area (Å²) < 4.78 is 0.737. The number of nitrogens with zero attached hydrogens (tertiary/aromatic N) is 2. The molecule has 0 spiro atoms. The molecule has 3 nitrogen and oxygen atoms in total. The lowest BCUT2D eigenvalue weighted by molar-refractivity contribution is 0.461. The molecule has 17 heavy (non-hydrogen) atoms. The number of aromatic hydroxyl groups is 1. The Morgan fingerprint density at radius 3 is 2.88 bits per heavy atom. The number of hydrogen-bond donors (Lipinski definition) is 1. The highest BCUT2D eigenvalue weighted by molar-refractivity contribution is 7.17. The Bertz CT molecular complexity index is 691. The second kappa shape index (κ2) is 3.82. The fraction of sp³-hybridized carbons (Fsp3) is 0.0769. The monoisotopic (exact) mass is 242 g/mol. The van der Waals surface area contributed by atoms with Gasteiger partial charge in [0.15, 0.2) is 5.82 Å². The van der Waals surface area contributed by atoms with Crippen molar-refractivity contribution in [3.63, 3.8) is 0 Å². The van der Waals surface area contributed by atoms with Gasteiger partial charge in [0.05, 0.1) is 5.52 Å². The lowest BCUT2D eigenvalue weighted by atomic mass is 10.1. The Hall–Kier alpha value is -1.94. The molecular formula is C13H10N2OS. The van der Waals surface area contributed by atoms with E-state index in [0.29, 0.717) is 5.82 Å². The Labute approximate surface area is 102 Å². The van der Waals surface area contributed by atoms with Gasteiger partial charge in [0.25, 0.3) is 0 Å². The maximum absolute atomic E-state index is 9.83. The normalized spacial score (nSPS) is 10.9. The van der Waals surface area contributed by atoms with Crippen LogP contribution in [0, 0.1) is 6.92 Å². The van der Waals surface area contributed by atoms with Crippen molar-refractivity contribution in [2.45, 2.75) is 6.92 Å². The van der Waals surface area contributed by atoms with Gasteiger partial charge in [-0.1, -0.05) is 23.8 Å². The van der Waals surface area contributed by atoms with E-state index in [2.05, 4.69) is 9.97 Å². The van der Waals surface area contributed by atoms with Crippen LogP contribution >= 0.6 is 11.3 Å². The van der Waals surface area contributed by atoms with E-state index < -0.39 is 0 Å². The number of hydrogen-bond acceptors (Lipinski definition) is 4. The van der Waals surface area contributed by atoms with Crippen LogP contribution < -0.4 is 0 Å². The number of rotatable bonds is 1. The first-order valence-corrected chi connectivity index (χ1v) is 6.13. The topological polar surface area (TPSA) is 46.0 Å². The van der Waals surface area contributed by atoms with Gasteiger partial charge in [-0.05, 0) is 24.4 Å². The van der Waals surface area contributed by atoms with Crippen LogP contribution in [0.15, 0.2) is 35.7 Å². The fourth-order valence-corrected chi connectivity index (χ4v) is 2.48. The number of fused-ring (bicyclic) bond motifs is 1. The average molecular weight is 242 g/mol. The summed E-state index contributed by atoms with van der Waals surface area (Å²) in [4.78, 5) is 8.59. The molecule has 0 aliphatic heterocycles. The molecule has 2 heterocycles. The first-order chi connectivity index (χ1) is 8.24. The highest BCUT2D eigenvalue weighted by Crippen LogP contribution is 2.29. The van der Waals surface area contributed by atoms with Crippen molar-refractivity contribution < 1.29 is 5.11 Å². The van der Waals surface area contributed by atoms with Crippen molar-refractivity contribution in [1.82, 2.24) is 9.97 Å². The second-order valence-corrected chi connectivity index (χ2v) is 4.79. The minimum Gasteiger partial charge on any atom is -0.492 e. The molecule has 0 radical (unpaired) electrons. The van der Waals surface area contributed by atoms with Gasteiger partial charge in [-0.15, -0.1) is 11.3 Å². The van der Waals surface area contributed by atoms with Gasteiger partial charge in [-0.3, -0.25) is 0 Å². The summed E-state index contributed by atoms with van der Waals surface area (Å²) in [6.07, 6.45) is 0. The van der Waals surface area contributed by atoms with Crippen LogP contribution in [0.2, 0.25) is 0 Å². The van der Waals surface area contributed by atoms with Crippen LogP contribution in [0.5, 0.6) is 5.88 Å². The molecule has 0 atom stereocenters. The zero-order chi connectivity index (χ0) is 11.8. The molecule has 0 unspecified atom stereocenters. The largest absolute Gasteiger partial charge is 0.492 e. The van der Waals surface area contributed by atoms with Gasteiger partial charge in [0.1, 0.15) is 4.70 Å². The third-order valence-electron chi connectivity index (χ3n) is 2.56. The highest BCUT2D eigenvalue weighted by atomic mass is 32.1. The van der Waals surface area contributed by atoms with Gasteiger partial charge in [0, 0.05) is 5.56 Å². The van der Waals surface area contributed by atoms with Crippen molar-refractivity contribution in [2.75, 3.05) is 0 Å². The van der Waals surface area contributed by atoms with E-state index in [-0.39, 0.29) is 5.88 Å². The lowest BCUT2D eigenvalue weighted by Crippen LogP contribution is -1.89. The molecule has 0 aliphatic carbocycles. The highest BCUT2D eigenvalue weighted by Gasteiger charge is 2.09. The summed E-state index contributed by atoms with van der Waals surface area (Å²) >= 11 is 1.45. The minimum absolute atomic E-state index is 0.0570. The number of aromatic nitrogens is 2. The molecule has 84 valence electrons. The third-order valence-corrected chi connectivity index (χ3v) is 3.46. The van der Waals surface area contributed by atoms with Gasteiger partial charge < -0.3 is 5.11 Å². The molecule has 0 saturated heterocycles. The summed E-state index contributed by atoms with van der Waals surface area (Å²) in [6, 6.07) is 9.82.